The van der Waals surface area contributed by atoms with Crippen LogP contribution in [0.3, 0.4) is 0 Å². The fourth-order valence-corrected chi connectivity index (χ4v) is 2.47. The average molecular weight is 291 g/mol. The third kappa shape index (κ3) is 2.79. The van der Waals surface area contributed by atoms with Gasteiger partial charge in [-0.1, -0.05) is 60.7 Å². The van der Waals surface area contributed by atoms with E-state index in [1.54, 1.807) is 7.05 Å². The Labute approximate surface area is 129 Å². The molecule has 3 rings (SSSR count). The third-order valence-corrected chi connectivity index (χ3v) is 3.58. The number of hydrogen-bond acceptors (Lipinski definition) is 2. The van der Waals surface area contributed by atoms with Gasteiger partial charge in [-0.05, 0) is 22.4 Å². The molecular weight excluding hydrogens is 274 g/mol. The molecule has 0 heterocycles. The first-order valence-corrected chi connectivity index (χ1v) is 7.20. The summed E-state index contributed by atoms with van der Waals surface area (Å²) in [6, 6.07) is 21.6. The molecule has 3 aromatic carbocycles. The van der Waals surface area contributed by atoms with Gasteiger partial charge in [-0.25, -0.2) is 0 Å². The minimum Gasteiger partial charge on any atom is -0.488 e. The first-order chi connectivity index (χ1) is 10.8. The van der Waals surface area contributed by atoms with E-state index in [0.717, 1.165) is 16.3 Å². The van der Waals surface area contributed by atoms with Crippen LogP contribution in [0.2, 0.25) is 0 Å². The van der Waals surface area contributed by atoms with Crippen molar-refractivity contribution in [1.29, 1.82) is 0 Å². The van der Waals surface area contributed by atoms with E-state index in [1.165, 1.54) is 0 Å². The molecular formula is C19H17NO2. The van der Waals surface area contributed by atoms with E-state index in [0.29, 0.717) is 17.9 Å². The number of fused-ring (bicyclic) bond motifs is 1. The van der Waals surface area contributed by atoms with Gasteiger partial charge in [0.05, 0.1) is 5.56 Å². The van der Waals surface area contributed by atoms with Crippen molar-refractivity contribution in [3.05, 3.63) is 77.9 Å². The van der Waals surface area contributed by atoms with E-state index in [-0.39, 0.29) is 5.91 Å². The van der Waals surface area contributed by atoms with E-state index in [9.17, 15) is 4.79 Å². The fourth-order valence-electron chi connectivity index (χ4n) is 2.47. The summed E-state index contributed by atoms with van der Waals surface area (Å²) in [7, 11) is 1.63. The van der Waals surface area contributed by atoms with Gasteiger partial charge in [0.15, 0.2) is 0 Å². The van der Waals surface area contributed by atoms with Gasteiger partial charge in [0.2, 0.25) is 0 Å². The van der Waals surface area contributed by atoms with Crippen molar-refractivity contribution in [2.45, 2.75) is 6.61 Å². The van der Waals surface area contributed by atoms with Crippen LogP contribution < -0.4 is 10.1 Å². The van der Waals surface area contributed by atoms with Crippen LogP contribution in [-0.4, -0.2) is 13.0 Å². The lowest BCUT2D eigenvalue weighted by Gasteiger charge is -2.13. The fraction of sp³-hybridized carbons (Fsp3) is 0.105. The molecule has 0 aliphatic carbocycles. The van der Waals surface area contributed by atoms with Gasteiger partial charge in [-0.3, -0.25) is 4.79 Å². The maximum absolute atomic E-state index is 12.3. The molecule has 0 aliphatic rings. The number of carbonyl (C=O) groups is 1. The van der Waals surface area contributed by atoms with Crippen LogP contribution in [0.4, 0.5) is 0 Å². The van der Waals surface area contributed by atoms with Crippen molar-refractivity contribution in [2.24, 2.45) is 0 Å². The Bertz CT molecular complexity index is 797. The summed E-state index contributed by atoms with van der Waals surface area (Å²) in [4.78, 5) is 12.3. The van der Waals surface area contributed by atoms with E-state index in [1.807, 2.05) is 66.7 Å². The monoisotopic (exact) mass is 291 g/mol. The maximum atomic E-state index is 12.3. The summed E-state index contributed by atoms with van der Waals surface area (Å²) in [6.07, 6.45) is 0. The van der Waals surface area contributed by atoms with E-state index >= 15 is 0 Å². The molecule has 0 saturated heterocycles. The highest BCUT2D eigenvalue weighted by Crippen LogP contribution is 2.28. The second-order valence-corrected chi connectivity index (χ2v) is 5.01. The Kier molecular flexibility index (Phi) is 4.05. The van der Waals surface area contributed by atoms with Crippen molar-refractivity contribution in [3.8, 4) is 5.75 Å². The predicted molar refractivity (Wildman–Crippen MR) is 88.1 cm³/mol. The molecule has 1 N–H and O–H groups in total. The van der Waals surface area contributed by atoms with Crippen molar-refractivity contribution in [1.82, 2.24) is 5.32 Å². The minimum atomic E-state index is -0.139. The molecule has 0 spiro atoms. The van der Waals surface area contributed by atoms with Crippen LogP contribution in [0, 0.1) is 0 Å². The molecule has 110 valence electrons. The predicted octanol–water partition coefficient (Wildman–Crippen LogP) is 3.78. The SMILES string of the molecule is CNC(=O)c1c(OCc2ccccc2)ccc2ccccc12. The molecule has 3 heteroatoms. The summed E-state index contributed by atoms with van der Waals surface area (Å²) < 4.78 is 5.89. The second-order valence-electron chi connectivity index (χ2n) is 5.01. The molecule has 1 amide bonds. The van der Waals surface area contributed by atoms with Gasteiger partial charge in [0.1, 0.15) is 12.4 Å². The molecule has 0 bridgehead atoms. The van der Waals surface area contributed by atoms with Gasteiger partial charge >= 0.3 is 0 Å². The van der Waals surface area contributed by atoms with Crippen LogP contribution in [0.25, 0.3) is 10.8 Å². The van der Waals surface area contributed by atoms with Gasteiger partial charge in [0.25, 0.3) is 5.91 Å². The lowest BCUT2D eigenvalue weighted by atomic mass is 10.0. The van der Waals surface area contributed by atoms with Gasteiger partial charge in [0, 0.05) is 7.05 Å². The number of amides is 1. The number of carbonyl (C=O) groups excluding carboxylic acids is 1. The summed E-state index contributed by atoms with van der Waals surface area (Å²) in [5.41, 5.74) is 1.65. The van der Waals surface area contributed by atoms with Crippen LogP contribution in [0.5, 0.6) is 5.75 Å². The van der Waals surface area contributed by atoms with Crippen LogP contribution in [0.15, 0.2) is 66.7 Å². The van der Waals surface area contributed by atoms with Crippen LogP contribution in [-0.2, 0) is 6.61 Å². The molecule has 0 radical (unpaired) electrons. The molecule has 0 aromatic heterocycles. The number of ether oxygens (including phenoxy) is 1. The summed E-state index contributed by atoms with van der Waals surface area (Å²) >= 11 is 0. The number of nitrogens with one attached hydrogen (secondary N) is 1. The summed E-state index contributed by atoms with van der Waals surface area (Å²) in [6.45, 7) is 0.434. The third-order valence-electron chi connectivity index (χ3n) is 3.58. The van der Waals surface area contributed by atoms with Gasteiger partial charge in [-0.15, -0.1) is 0 Å². The molecule has 0 atom stereocenters. The molecule has 22 heavy (non-hydrogen) atoms. The zero-order valence-electron chi connectivity index (χ0n) is 12.4. The maximum Gasteiger partial charge on any atom is 0.255 e. The highest BCUT2D eigenvalue weighted by atomic mass is 16.5. The zero-order valence-corrected chi connectivity index (χ0v) is 12.4. The summed E-state index contributed by atoms with van der Waals surface area (Å²) in [5.74, 6) is 0.460. The normalized spacial score (nSPS) is 10.4. The smallest absolute Gasteiger partial charge is 0.255 e. The Morgan fingerprint density at radius 1 is 0.955 bits per heavy atom. The molecule has 3 nitrogen and oxygen atoms in total. The molecule has 0 aliphatic heterocycles. The van der Waals surface area contributed by atoms with E-state index in [4.69, 9.17) is 4.74 Å². The highest BCUT2D eigenvalue weighted by molar-refractivity contribution is 6.09. The Morgan fingerprint density at radius 2 is 1.68 bits per heavy atom. The van der Waals surface area contributed by atoms with Crippen molar-refractivity contribution < 1.29 is 9.53 Å². The topological polar surface area (TPSA) is 38.3 Å². The summed E-state index contributed by atoms with van der Waals surface area (Å²) in [5, 5.41) is 4.61. The average Bonchev–Trinajstić information content (AvgIpc) is 2.59. The second kappa shape index (κ2) is 6.31. The first-order valence-electron chi connectivity index (χ1n) is 7.20. The van der Waals surface area contributed by atoms with Crippen molar-refractivity contribution >= 4 is 16.7 Å². The minimum absolute atomic E-state index is 0.139. The Morgan fingerprint density at radius 3 is 2.45 bits per heavy atom. The van der Waals surface area contributed by atoms with Crippen LogP contribution >= 0.6 is 0 Å². The molecule has 0 fully saturated rings. The quantitative estimate of drug-likeness (QED) is 0.794. The Hall–Kier alpha value is -2.81. The molecule has 3 aromatic rings. The number of hydrogen-bond donors (Lipinski definition) is 1. The lowest BCUT2D eigenvalue weighted by molar-refractivity contribution is 0.0960. The van der Waals surface area contributed by atoms with E-state index < -0.39 is 0 Å². The Balaban J connectivity index is 1.99. The number of rotatable bonds is 4. The largest absolute Gasteiger partial charge is 0.488 e. The van der Waals surface area contributed by atoms with E-state index in [2.05, 4.69) is 5.32 Å². The van der Waals surface area contributed by atoms with Gasteiger partial charge < -0.3 is 10.1 Å². The zero-order chi connectivity index (χ0) is 15.4. The number of benzene rings is 3. The van der Waals surface area contributed by atoms with Crippen LogP contribution in [0.1, 0.15) is 15.9 Å². The van der Waals surface area contributed by atoms with Gasteiger partial charge in [-0.2, -0.15) is 0 Å². The van der Waals surface area contributed by atoms with Crippen molar-refractivity contribution in [3.63, 3.8) is 0 Å². The lowest BCUT2D eigenvalue weighted by Crippen LogP contribution is -2.19. The molecule has 0 saturated carbocycles. The highest BCUT2D eigenvalue weighted by Gasteiger charge is 2.15. The van der Waals surface area contributed by atoms with Crippen molar-refractivity contribution in [2.75, 3.05) is 7.05 Å². The molecule has 0 unspecified atom stereocenters. The first kappa shape index (κ1) is 14.1. The standard InChI is InChI=1S/C19H17NO2/c1-20-19(21)18-16-10-6-5-9-15(16)11-12-17(18)22-13-14-7-3-2-4-8-14/h2-12H,13H2,1H3,(H,20,21).